The van der Waals surface area contributed by atoms with Crippen molar-refractivity contribution in [1.29, 1.82) is 0 Å². The van der Waals surface area contributed by atoms with Crippen molar-refractivity contribution in [3.05, 3.63) is 24.3 Å². The Balaban J connectivity index is 2.77. The van der Waals surface area contributed by atoms with Crippen molar-refractivity contribution in [1.82, 2.24) is 4.72 Å². The highest BCUT2D eigenvalue weighted by molar-refractivity contribution is 7.89. The van der Waals surface area contributed by atoms with Crippen LogP contribution < -0.4 is 15.2 Å². The molecule has 0 radical (unpaired) electrons. The van der Waals surface area contributed by atoms with Crippen LogP contribution in [-0.2, 0) is 14.8 Å². The molecule has 0 heterocycles. The summed E-state index contributed by atoms with van der Waals surface area (Å²) in [6.07, 6.45) is 1.96. The Morgan fingerprint density at radius 2 is 2.00 bits per heavy atom. The quantitative estimate of drug-likeness (QED) is 0.463. The number of hydrogen-bond acceptors (Lipinski definition) is 5. The van der Waals surface area contributed by atoms with Crippen LogP contribution in [0.5, 0.6) is 5.75 Å². The molecule has 0 aliphatic carbocycles. The Hall–Kier alpha value is -1.25. The number of carbonyl (C=O) groups excluding carboxylic acids is 1. The molecule has 0 aliphatic heterocycles. The lowest BCUT2D eigenvalue weighted by atomic mass is 10.3. The lowest BCUT2D eigenvalue weighted by Gasteiger charge is -2.13. The molecule has 8 heteroatoms. The van der Waals surface area contributed by atoms with E-state index in [0.717, 1.165) is 12.8 Å². The fourth-order valence-electron chi connectivity index (χ4n) is 1.49. The van der Waals surface area contributed by atoms with Gasteiger partial charge in [0.15, 0.2) is 0 Å². The highest BCUT2D eigenvalue weighted by Crippen LogP contribution is 2.16. The predicted octanol–water partition coefficient (Wildman–Crippen LogP) is 0.927. The second kappa shape index (κ2) is 8.26. The van der Waals surface area contributed by atoms with Gasteiger partial charge in [-0.2, -0.15) is 17.4 Å². The molecule has 0 fully saturated rings. The van der Waals surface area contributed by atoms with Crippen molar-refractivity contribution in [2.45, 2.75) is 30.7 Å². The normalized spacial score (nSPS) is 12.9. The Kier molecular flexibility index (Phi) is 7.00. The van der Waals surface area contributed by atoms with Gasteiger partial charge in [-0.3, -0.25) is 4.79 Å². The SMILES string of the molecule is CCCCOc1ccc(S(=O)(=O)N[C@@H](CS)C(N)=O)cc1. The van der Waals surface area contributed by atoms with Gasteiger partial charge in [-0.05, 0) is 30.7 Å². The minimum atomic E-state index is -3.81. The Bertz CT molecular complexity index is 558. The molecule has 0 saturated heterocycles. The van der Waals surface area contributed by atoms with E-state index in [1.807, 2.05) is 0 Å². The molecule has 1 aromatic rings. The number of thiol groups is 1. The number of primary amides is 1. The molecule has 0 aliphatic rings. The fourth-order valence-corrected chi connectivity index (χ4v) is 3.09. The van der Waals surface area contributed by atoms with Crippen LogP contribution in [0.15, 0.2) is 29.2 Å². The maximum absolute atomic E-state index is 12.1. The average molecular weight is 332 g/mol. The van der Waals surface area contributed by atoms with E-state index in [1.165, 1.54) is 12.1 Å². The molecule has 0 unspecified atom stereocenters. The number of nitrogens with two attached hydrogens (primary N) is 1. The molecule has 0 bridgehead atoms. The van der Waals surface area contributed by atoms with Gasteiger partial charge < -0.3 is 10.5 Å². The van der Waals surface area contributed by atoms with E-state index in [-0.39, 0.29) is 10.6 Å². The van der Waals surface area contributed by atoms with E-state index in [0.29, 0.717) is 12.4 Å². The van der Waals surface area contributed by atoms with Crippen molar-refractivity contribution in [2.24, 2.45) is 5.73 Å². The van der Waals surface area contributed by atoms with Gasteiger partial charge in [0, 0.05) is 5.75 Å². The molecular weight excluding hydrogens is 312 g/mol. The molecule has 0 spiro atoms. The minimum absolute atomic E-state index is 0.00717. The number of hydrogen-bond donors (Lipinski definition) is 3. The topological polar surface area (TPSA) is 98.5 Å². The third-order valence-electron chi connectivity index (χ3n) is 2.72. The Morgan fingerprint density at radius 1 is 1.38 bits per heavy atom. The minimum Gasteiger partial charge on any atom is -0.494 e. The summed E-state index contributed by atoms with van der Waals surface area (Å²) in [6, 6.07) is 4.94. The third kappa shape index (κ3) is 5.56. The van der Waals surface area contributed by atoms with Crippen LogP contribution in [0.25, 0.3) is 0 Å². The zero-order valence-corrected chi connectivity index (χ0v) is 13.5. The molecule has 0 saturated carbocycles. The first-order valence-corrected chi connectivity index (χ1v) is 8.67. The molecule has 1 aromatic carbocycles. The second-order valence-electron chi connectivity index (χ2n) is 4.43. The van der Waals surface area contributed by atoms with E-state index in [9.17, 15) is 13.2 Å². The van der Waals surface area contributed by atoms with Gasteiger partial charge in [0.05, 0.1) is 11.5 Å². The highest BCUT2D eigenvalue weighted by Gasteiger charge is 2.22. The van der Waals surface area contributed by atoms with Gasteiger partial charge >= 0.3 is 0 Å². The summed E-state index contributed by atoms with van der Waals surface area (Å²) in [5.41, 5.74) is 5.09. The van der Waals surface area contributed by atoms with Crippen LogP contribution in [0.4, 0.5) is 0 Å². The number of sulfonamides is 1. The molecule has 1 atom stereocenters. The second-order valence-corrected chi connectivity index (χ2v) is 6.51. The van der Waals surface area contributed by atoms with Gasteiger partial charge in [-0.1, -0.05) is 13.3 Å². The summed E-state index contributed by atoms with van der Waals surface area (Å²) in [7, 11) is -3.81. The molecule has 3 N–H and O–H groups in total. The van der Waals surface area contributed by atoms with E-state index in [2.05, 4.69) is 24.3 Å². The molecule has 1 rings (SSSR count). The number of amides is 1. The number of rotatable bonds is 9. The maximum atomic E-state index is 12.1. The van der Waals surface area contributed by atoms with Crippen LogP contribution in [0, 0.1) is 0 Å². The number of unbranched alkanes of at least 4 members (excludes halogenated alkanes) is 1. The van der Waals surface area contributed by atoms with Gasteiger partial charge in [0.1, 0.15) is 11.8 Å². The van der Waals surface area contributed by atoms with Crippen molar-refractivity contribution < 1.29 is 17.9 Å². The number of benzene rings is 1. The lowest BCUT2D eigenvalue weighted by molar-refractivity contribution is -0.119. The first-order chi connectivity index (χ1) is 9.90. The Labute approximate surface area is 130 Å². The van der Waals surface area contributed by atoms with Crippen LogP contribution in [0.3, 0.4) is 0 Å². The zero-order valence-electron chi connectivity index (χ0n) is 11.8. The lowest BCUT2D eigenvalue weighted by Crippen LogP contribution is -2.45. The monoisotopic (exact) mass is 332 g/mol. The maximum Gasteiger partial charge on any atom is 0.241 e. The summed E-state index contributed by atoms with van der Waals surface area (Å²) >= 11 is 3.90. The van der Waals surface area contributed by atoms with Crippen molar-refractivity contribution in [2.75, 3.05) is 12.4 Å². The number of nitrogens with one attached hydrogen (secondary N) is 1. The van der Waals surface area contributed by atoms with E-state index in [1.54, 1.807) is 12.1 Å². The summed E-state index contributed by atoms with van der Waals surface area (Å²) in [5, 5.41) is 0. The van der Waals surface area contributed by atoms with Crippen LogP contribution in [0.1, 0.15) is 19.8 Å². The smallest absolute Gasteiger partial charge is 0.241 e. The van der Waals surface area contributed by atoms with E-state index in [4.69, 9.17) is 10.5 Å². The molecule has 21 heavy (non-hydrogen) atoms. The number of ether oxygens (including phenoxy) is 1. The largest absolute Gasteiger partial charge is 0.494 e. The van der Waals surface area contributed by atoms with Gasteiger partial charge in [0.25, 0.3) is 0 Å². The summed E-state index contributed by atoms with van der Waals surface area (Å²) in [5.74, 6) is -0.177. The van der Waals surface area contributed by atoms with Crippen molar-refractivity contribution in [3.8, 4) is 5.75 Å². The Morgan fingerprint density at radius 3 is 2.48 bits per heavy atom. The average Bonchev–Trinajstić information content (AvgIpc) is 2.45. The fraction of sp³-hybridized carbons (Fsp3) is 0.462. The van der Waals surface area contributed by atoms with Crippen LogP contribution >= 0.6 is 12.6 Å². The van der Waals surface area contributed by atoms with Crippen LogP contribution in [0.2, 0.25) is 0 Å². The highest BCUT2D eigenvalue weighted by atomic mass is 32.2. The summed E-state index contributed by atoms with van der Waals surface area (Å²) < 4.78 is 31.8. The summed E-state index contributed by atoms with van der Waals surface area (Å²) in [6.45, 7) is 2.64. The zero-order chi connectivity index (χ0) is 15.9. The molecular formula is C13H20N2O4S2. The first-order valence-electron chi connectivity index (χ1n) is 6.56. The van der Waals surface area contributed by atoms with Gasteiger partial charge in [-0.15, -0.1) is 0 Å². The first kappa shape index (κ1) is 17.8. The van der Waals surface area contributed by atoms with Crippen LogP contribution in [-0.4, -0.2) is 32.7 Å². The molecule has 118 valence electrons. The van der Waals surface area contributed by atoms with Gasteiger partial charge in [-0.25, -0.2) is 8.42 Å². The number of carbonyl (C=O) groups is 1. The van der Waals surface area contributed by atoms with Gasteiger partial charge in [0.2, 0.25) is 15.9 Å². The molecule has 1 amide bonds. The predicted molar refractivity (Wildman–Crippen MR) is 84.0 cm³/mol. The van der Waals surface area contributed by atoms with Crippen molar-refractivity contribution >= 4 is 28.6 Å². The standard InChI is InChI=1S/C13H20N2O4S2/c1-2-3-8-19-10-4-6-11(7-5-10)21(17,18)15-12(9-20)13(14)16/h4-7,12,15,20H,2-3,8-9H2,1H3,(H2,14,16)/t12-/m0/s1. The molecule has 0 aromatic heterocycles. The van der Waals surface area contributed by atoms with E-state index < -0.39 is 22.0 Å². The van der Waals surface area contributed by atoms with Crippen molar-refractivity contribution in [3.63, 3.8) is 0 Å². The summed E-state index contributed by atoms with van der Waals surface area (Å²) in [4.78, 5) is 11.1. The van der Waals surface area contributed by atoms with E-state index >= 15 is 0 Å². The molecule has 6 nitrogen and oxygen atoms in total. The third-order valence-corrected chi connectivity index (χ3v) is 4.58.